The lowest BCUT2D eigenvalue weighted by Gasteiger charge is -2.49. The Morgan fingerprint density at radius 1 is 0.660 bits per heavy atom. The first-order valence-electron chi connectivity index (χ1n) is 15.9. The van der Waals surface area contributed by atoms with Crippen molar-refractivity contribution in [3.05, 3.63) is 0 Å². The Labute approximate surface area is 285 Å². The summed E-state index contributed by atoms with van der Waals surface area (Å²) < 4.78 is 39.1. The van der Waals surface area contributed by atoms with E-state index in [1.807, 2.05) is 0 Å². The Bertz CT molecular complexity index is 1130. The number of rotatable bonds is 12. The minimum absolute atomic E-state index is 0.593. The molecule has 0 aromatic carbocycles. The first kappa shape index (κ1) is 41.0. The summed E-state index contributed by atoms with van der Waals surface area (Å²) in [7, 11) is 0. The Hall–Kier alpha value is -1.78. The highest BCUT2D eigenvalue weighted by Gasteiger charge is 2.54. The number of nitrogens with one attached hydrogen (secondary N) is 2. The second-order valence-corrected chi connectivity index (χ2v) is 12.6. The van der Waals surface area contributed by atoms with E-state index < -0.39 is 154 Å². The average molecular weight is 733 g/mol. The van der Waals surface area contributed by atoms with E-state index in [0.717, 1.165) is 13.8 Å². The molecule has 0 aromatic heterocycles. The molecular formula is C28H48N2O20. The van der Waals surface area contributed by atoms with E-state index in [9.17, 15) is 65.8 Å². The lowest BCUT2D eigenvalue weighted by Crippen LogP contribution is -2.69. The van der Waals surface area contributed by atoms with Crippen molar-refractivity contribution in [1.29, 1.82) is 0 Å². The van der Waals surface area contributed by atoms with Gasteiger partial charge in [-0.25, -0.2) is 0 Å². The molecule has 4 rings (SSSR count). The molecule has 4 heterocycles. The van der Waals surface area contributed by atoms with Crippen LogP contribution in [-0.2, 0) is 42.7 Å². The average Bonchev–Trinajstić information content (AvgIpc) is 3.37. The predicted molar refractivity (Wildman–Crippen MR) is 156 cm³/mol. The van der Waals surface area contributed by atoms with E-state index in [2.05, 4.69) is 10.6 Å². The van der Waals surface area contributed by atoms with Crippen LogP contribution in [0.1, 0.15) is 20.8 Å². The van der Waals surface area contributed by atoms with Crippen LogP contribution in [0.4, 0.5) is 0 Å². The van der Waals surface area contributed by atoms with Crippen molar-refractivity contribution in [2.75, 3.05) is 19.8 Å². The highest BCUT2D eigenvalue weighted by molar-refractivity contribution is 5.73. The number of aliphatic hydroxyl groups is 11. The lowest BCUT2D eigenvalue weighted by atomic mass is 9.94. The van der Waals surface area contributed by atoms with E-state index in [1.54, 1.807) is 0 Å². The second-order valence-electron chi connectivity index (χ2n) is 12.6. The van der Waals surface area contributed by atoms with Gasteiger partial charge in [-0.15, -0.1) is 0 Å². The van der Waals surface area contributed by atoms with Crippen molar-refractivity contribution in [3.63, 3.8) is 0 Å². The minimum Gasteiger partial charge on any atom is -0.394 e. The van der Waals surface area contributed by atoms with Crippen molar-refractivity contribution in [2.24, 2.45) is 0 Å². The van der Waals surface area contributed by atoms with Crippen LogP contribution in [0, 0.1) is 0 Å². The van der Waals surface area contributed by atoms with Crippen LogP contribution in [0.25, 0.3) is 0 Å². The van der Waals surface area contributed by atoms with Crippen LogP contribution in [0.2, 0.25) is 0 Å². The van der Waals surface area contributed by atoms with Gasteiger partial charge in [0.05, 0.1) is 25.9 Å². The van der Waals surface area contributed by atoms with Crippen molar-refractivity contribution in [1.82, 2.24) is 10.6 Å². The molecule has 50 heavy (non-hydrogen) atoms. The molecule has 4 fully saturated rings. The SMILES string of the molecule is CC(=O)N[C@@H]1[C@@H](OC[C@H]2O[C@H](O)[C@@H](O[C@@H]3O[C@H](CO)[C@@H](O)[C@H](O[C@@H]4O[C@@H](C)[C@@H](O)[C@@H](O)[C@@H]4O)[C@H]3NC(C)=O)[C@@H](O)[C@@H]2O)O[C@@H]([C@@H](O)CO)[C@H]1O. The Morgan fingerprint density at radius 3 is 1.88 bits per heavy atom. The molecule has 0 saturated carbocycles. The van der Waals surface area contributed by atoms with Gasteiger partial charge in [-0.1, -0.05) is 0 Å². The Morgan fingerprint density at radius 2 is 1.28 bits per heavy atom. The number of hydrogen-bond donors (Lipinski definition) is 13. The van der Waals surface area contributed by atoms with Gasteiger partial charge in [-0.05, 0) is 6.92 Å². The zero-order chi connectivity index (χ0) is 37.2. The number of aliphatic hydroxyl groups excluding tert-OH is 11. The number of ether oxygens (including phenoxy) is 7. The van der Waals surface area contributed by atoms with Gasteiger partial charge in [0.1, 0.15) is 91.4 Å². The normalized spacial score (nSPS) is 47.4. The minimum atomic E-state index is -2.03. The van der Waals surface area contributed by atoms with Crippen molar-refractivity contribution >= 4 is 11.8 Å². The molecule has 0 radical (unpaired) electrons. The van der Waals surface area contributed by atoms with Crippen LogP contribution < -0.4 is 10.6 Å². The summed E-state index contributed by atoms with van der Waals surface area (Å²) in [6.07, 6.45) is -29.4. The smallest absolute Gasteiger partial charge is 0.217 e. The topological polar surface area (TPSA) is 345 Å². The maximum Gasteiger partial charge on any atom is 0.217 e. The van der Waals surface area contributed by atoms with Crippen LogP contribution in [0.5, 0.6) is 0 Å². The van der Waals surface area contributed by atoms with Gasteiger partial charge in [-0.3, -0.25) is 9.59 Å². The third-order valence-corrected chi connectivity index (χ3v) is 8.93. The largest absolute Gasteiger partial charge is 0.394 e. The van der Waals surface area contributed by atoms with E-state index in [-0.39, 0.29) is 0 Å². The van der Waals surface area contributed by atoms with E-state index in [4.69, 9.17) is 33.2 Å². The van der Waals surface area contributed by atoms with Crippen LogP contribution in [-0.4, -0.2) is 211 Å². The first-order valence-corrected chi connectivity index (χ1v) is 15.9. The summed E-state index contributed by atoms with van der Waals surface area (Å²) in [5, 5.41) is 119. The molecule has 4 aliphatic rings. The van der Waals surface area contributed by atoms with Gasteiger partial charge in [0.25, 0.3) is 0 Å². The molecule has 0 bridgehead atoms. The van der Waals surface area contributed by atoms with Crippen molar-refractivity contribution in [2.45, 2.75) is 143 Å². The van der Waals surface area contributed by atoms with Gasteiger partial charge < -0.3 is 100.0 Å². The molecule has 0 aromatic rings. The third-order valence-electron chi connectivity index (χ3n) is 8.93. The zero-order valence-corrected chi connectivity index (χ0v) is 27.3. The van der Waals surface area contributed by atoms with Gasteiger partial charge in [0, 0.05) is 13.8 Å². The molecule has 4 saturated heterocycles. The lowest BCUT2D eigenvalue weighted by molar-refractivity contribution is -0.367. The Kier molecular flexibility index (Phi) is 14.2. The summed E-state index contributed by atoms with van der Waals surface area (Å²) in [5.41, 5.74) is 0. The van der Waals surface area contributed by atoms with E-state index >= 15 is 0 Å². The van der Waals surface area contributed by atoms with Crippen LogP contribution >= 0.6 is 0 Å². The van der Waals surface area contributed by atoms with Crippen LogP contribution in [0.3, 0.4) is 0 Å². The second kappa shape index (κ2) is 17.4. The Balaban J connectivity index is 1.47. The zero-order valence-electron chi connectivity index (χ0n) is 27.3. The fourth-order valence-electron chi connectivity index (χ4n) is 6.20. The molecular weight excluding hydrogens is 684 g/mol. The fraction of sp³-hybridized carbons (Fsp3) is 0.929. The van der Waals surface area contributed by atoms with Gasteiger partial charge in [0.15, 0.2) is 25.2 Å². The highest BCUT2D eigenvalue weighted by atomic mass is 16.7. The molecule has 0 unspecified atom stereocenters. The summed E-state index contributed by atoms with van der Waals surface area (Å²) >= 11 is 0. The van der Waals surface area contributed by atoms with E-state index in [1.165, 1.54) is 6.92 Å². The number of carbonyl (C=O) groups is 2. The number of carbonyl (C=O) groups excluding carboxylic acids is 2. The maximum absolute atomic E-state index is 12.2. The summed E-state index contributed by atoms with van der Waals surface area (Å²) in [4.78, 5) is 23.9. The predicted octanol–water partition coefficient (Wildman–Crippen LogP) is -8.43. The molecule has 22 heteroatoms. The molecule has 0 aliphatic carbocycles. The van der Waals surface area contributed by atoms with Crippen molar-refractivity contribution < 1.29 is 98.9 Å². The molecule has 13 N–H and O–H groups in total. The molecule has 2 amide bonds. The standard InChI is InChI=1S/C28H48N2O20/c1-7-15(36)19(40)21(42)28(45-7)49-23-14(30-9(3)34)27(47-11(5-32)17(23)38)50-24-20(41)16(37)12(46-25(24)43)6-44-26-13(29-8(2)33)18(39)22(48-26)10(35)4-31/h7,10-28,31-32,35-43H,4-6H2,1-3H3,(H,29,33)(H,30,34)/t7-,10-,11+,12+,13-,14+,15+,16+,17+,18-,19+,20-,21-,22-,23+,24-,25-,26-,27-,28-/m0/s1. The molecule has 4 aliphatic heterocycles. The van der Waals surface area contributed by atoms with Crippen molar-refractivity contribution in [3.8, 4) is 0 Å². The molecule has 290 valence electrons. The molecule has 22 nitrogen and oxygen atoms in total. The van der Waals surface area contributed by atoms with Gasteiger partial charge >= 0.3 is 0 Å². The third kappa shape index (κ3) is 8.87. The maximum atomic E-state index is 12.2. The van der Waals surface area contributed by atoms with Gasteiger partial charge in [-0.2, -0.15) is 0 Å². The summed E-state index contributed by atoms with van der Waals surface area (Å²) in [6, 6.07) is -2.75. The fourth-order valence-corrected chi connectivity index (χ4v) is 6.20. The molecule has 0 spiro atoms. The number of amides is 2. The van der Waals surface area contributed by atoms with Crippen LogP contribution in [0.15, 0.2) is 0 Å². The summed E-state index contributed by atoms with van der Waals surface area (Å²) in [5.74, 6) is -1.31. The highest BCUT2D eigenvalue weighted by Crippen LogP contribution is 2.33. The monoisotopic (exact) mass is 732 g/mol. The first-order chi connectivity index (χ1) is 23.5. The number of hydrogen-bond acceptors (Lipinski definition) is 20. The van der Waals surface area contributed by atoms with Gasteiger partial charge in [0.2, 0.25) is 11.8 Å². The molecule has 20 atom stereocenters. The van der Waals surface area contributed by atoms with E-state index in [0.29, 0.717) is 0 Å². The summed E-state index contributed by atoms with van der Waals surface area (Å²) in [6.45, 7) is 1.36. The quantitative estimate of drug-likeness (QED) is 0.0886.